The van der Waals surface area contributed by atoms with Crippen molar-refractivity contribution < 1.29 is 19.1 Å². The van der Waals surface area contributed by atoms with Gasteiger partial charge in [-0.2, -0.15) is 0 Å². The topological polar surface area (TPSA) is 68.2 Å². The molecule has 164 valence electrons. The van der Waals surface area contributed by atoms with Gasteiger partial charge in [0.15, 0.2) is 6.04 Å². The van der Waals surface area contributed by atoms with Crippen molar-refractivity contribution in [3.63, 3.8) is 0 Å². The van der Waals surface area contributed by atoms with E-state index >= 15 is 0 Å². The number of ether oxygens (including phenoxy) is 2. The second kappa shape index (κ2) is 9.20. The summed E-state index contributed by atoms with van der Waals surface area (Å²) in [6.45, 7) is 7.35. The molecule has 31 heavy (non-hydrogen) atoms. The summed E-state index contributed by atoms with van der Waals surface area (Å²) in [5.41, 5.74) is 2.20. The molecule has 0 spiro atoms. The first-order valence-corrected chi connectivity index (χ1v) is 10.5. The van der Waals surface area contributed by atoms with Crippen molar-refractivity contribution in [2.24, 2.45) is 4.99 Å². The number of nitrogens with zero attached hydrogens (tertiary/aromatic N) is 2. The zero-order valence-corrected chi connectivity index (χ0v) is 19.1. The minimum Gasteiger partial charge on any atom is -0.468 e. The molecule has 2 aromatic carbocycles. The van der Waals surface area contributed by atoms with Crippen LogP contribution >= 0.6 is 11.6 Å². The molecule has 3 rings (SSSR count). The average Bonchev–Trinajstić information content (AvgIpc) is 2.82. The Balaban J connectivity index is 2.22. The Bertz CT molecular complexity index is 998. The van der Waals surface area contributed by atoms with Crippen LogP contribution in [0.15, 0.2) is 53.5 Å². The molecule has 0 saturated heterocycles. The molecule has 2 aromatic rings. The van der Waals surface area contributed by atoms with Crippen molar-refractivity contribution in [2.45, 2.75) is 45.4 Å². The summed E-state index contributed by atoms with van der Waals surface area (Å²) in [5, 5.41) is 0.505. The summed E-state index contributed by atoms with van der Waals surface area (Å²) >= 11 is 6.31. The fourth-order valence-corrected chi connectivity index (χ4v) is 3.76. The highest BCUT2D eigenvalue weighted by atomic mass is 35.5. The number of aliphatic imine (C=N–C) groups is 1. The minimum atomic E-state index is -0.856. The van der Waals surface area contributed by atoms with Gasteiger partial charge in [-0.05, 0) is 45.9 Å². The lowest BCUT2D eigenvalue weighted by Crippen LogP contribution is -2.47. The van der Waals surface area contributed by atoms with Crippen LogP contribution in [0, 0.1) is 0 Å². The molecule has 1 aliphatic heterocycles. The fraction of sp³-hybridized carbons (Fsp3) is 0.375. The lowest BCUT2D eigenvalue weighted by Gasteiger charge is -2.30. The summed E-state index contributed by atoms with van der Waals surface area (Å²) in [5.74, 6) is -0.864. The first-order valence-electron chi connectivity index (χ1n) is 10.1. The van der Waals surface area contributed by atoms with Crippen LogP contribution in [-0.2, 0) is 19.1 Å². The average molecular weight is 443 g/mol. The van der Waals surface area contributed by atoms with Gasteiger partial charge in [-0.15, -0.1) is 0 Å². The molecule has 0 aromatic heterocycles. The number of fused-ring (bicyclic) bond motifs is 1. The molecule has 1 unspecified atom stereocenters. The van der Waals surface area contributed by atoms with E-state index in [-0.39, 0.29) is 12.5 Å². The number of benzene rings is 2. The van der Waals surface area contributed by atoms with Crippen LogP contribution in [-0.4, -0.2) is 49.0 Å². The fourth-order valence-electron chi connectivity index (χ4n) is 3.59. The predicted molar refractivity (Wildman–Crippen MR) is 122 cm³/mol. The molecule has 0 fully saturated rings. The Morgan fingerprint density at radius 3 is 2.48 bits per heavy atom. The quantitative estimate of drug-likeness (QED) is 0.648. The maximum absolute atomic E-state index is 13.6. The Kier molecular flexibility index (Phi) is 6.82. The van der Waals surface area contributed by atoms with Crippen LogP contribution in [0.3, 0.4) is 0 Å². The van der Waals surface area contributed by atoms with Gasteiger partial charge in [0.25, 0.3) is 5.91 Å². The number of halogens is 1. The van der Waals surface area contributed by atoms with Crippen molar-refractivity contribution in [1.82, 2.24) is 0 Å². The van der Waals surface area contributed by atoms with Crippen LogP contribution in [0.1, 0.15) is 38.8 Å². The van der Waals surface area contributed by atoms with Crippen molar-refractivity contribution in [1.29, 1.82) is 0 Å². The van der Waals surface area contributed by atoms with Crippen LogP contribution in [0.25, 0.3) is 0 Å². The van der Waals surface area contributed by atoms with Crippen LogP contribution in [0.5, 0.6) is 0 Å². The molecular formula is C24H27ClN2O4. The number of hydrogen-bond donors (Lipinski definition) is 0. The minimum absolute atomic E-state index is 0.236. The molecule has 6 nitrogen and oxygen atoms in total. The number of methoxy groups -OCH3 is 1. The van der Waals surface area contributed by atoms with Gasteiger partial charge in [-0.1, -0.05) is 41.9 Å². The Morgan fingerprint density at radius 1 is 1.19 bits per heavy atom. The van der Waals surface area contributed by atoms with Crippen LogP contribution in [0.2, 0.25) is 5.02 Å². The number of benzodiazepines with no additional fused rings is 1. The monoisotopic (exact) mass is 442 g/mol. The largest absolute Gasteiger partial charge is 0.468 e. The third-order valence-corrected chi connectivity index (χ3v) is 5.07. The highest BCUT2D eigenvalue weighted by Gasteiger charge is 2.38. The van der Waals surface area contributed by atoms with E-state index in [1.165, 1.54) is 12.0 Å². The standard InChI is InChI=1S/C24H27ClN2O4/c1-15(31-24(2,3)4)21-23(29)27(14-20(28)30-5)19-12-11-17(25)13-18(19)22(26-21)16-9-7-6-8-10-16/h6-13,15,21H,14H2,1-5H3/t15?,21-/m0/s1. The SMILES string of the molecule is COC(=O)CN1C(=O)[C@H](C(C)OC(C)(C)C)N=C(c2ccccc2)c2cc(Cl)ccc21. The Morgan fingerprint density at radius 2 is 1.87 bits per heavy atom. The highest BCUT2D eigenvalue weighted by molar-refractivity contribution is 6.32. The first kappa shape index (κ1) is 23.0. The van der Waals surface area contributed by atoms with Gasteiger partial charge in [-0.25, -0.2) is 0 Å². The normalized spacial score (nSPS) is 17.5. The van der Waals surface area contributed by atoms with Gasteiger partial charge in [0.05, 0.1) is 30.2 Å². The molecule has 1 amide bonds. The maximum atomic E-state index is 13.6. The molecule has 1 heterocycles. The van der Waals surface area contributed by atoms with E-state index in [9.17, 15) is 9.59 Å². The summed E-state index contributed by atoms with van der Waals surface area (Å²) in [7, 11) is 1.29. The van der Waals surface area contributed by atoms with E-state index in [4.69, 9.17) is 26.1 Å². The van der Waals surface area contributed by atoms with E-state index in [1.807, 2.05) is 58.0 Å². The number of carbonyl (C=O) groups excluding carboxylic acids is 2. The molecule has 1 aliphatic rings. The molecule has 0 bridgehead atoms. The van der Waals surface area contributed by atoms with E-state index in [0.29, 0.717) is 22.0 Å². The zero-order chi connectivity index (χ0) is 22.8. The Hall–Kier alpha value is -2.70. The molecule has 0 aliphatic carbocycles. The van der Waals surface area contributed by atoms with Crippen LogP contribution < -0.4 is 4.90 Å². The summed E-state index contributed by atoms with van der Waals surface area (Å²) in [4.78, 5) is 32.1. The van der Waals surface area contributed by atoms with Gasteiger partial charge >= 0.3 is 5.97 Å². The number of carbonyl (C=O) groups is 2. The lowest BCUT2D eigenvalue weighted by atomic mass is 10.00. The van der Waals surface area contributed by atoms with Gasteiger partial charge in [0, 0.05) is 16.1 Å². The summed E-state index contributed by atoms with van der Waals surface area (Å²) in [6, 6.07) is 13.9. The van der Waals surface area contributed by atoms with E-state index in [1.54, 1.807) is 18.2 Å². The van der Waals surface area contributed by atoms with Gasteiger partial charge < -0.3 is 9.47 Å². The molecule has 0 radical (unpaired) electrons. The third kappa shape index (κ3) is 5.32. The number of rotatable bonds is 5. The van der Waals surface area contributed by atoms with E-state index < -0.39 is 23.7 Å². The molecule has 2 atom stereocenters. The lowest BCUT2D eigenvalue weighted by molar-refractivity contribution is -0.140. The van der Waals surface area contributed by atoms with Crippen molar-refractivity contribution in [3.05, 3.63) is 64.7 Å². The van der Waals surface area contributed by atoms with Gasteiger partial charge in [0.2, 0.25) is 0 Å². The number of hydrogen-bond acceptors (Lipinski definition) is 5. The van der Waals surface area contributed by atoms with Gasteiger partial charge in [0.1, 0.15) is 6.54 Å². The van der Waals surface area contributed by atoms with Crippen molar-refractivity contribution in [3.8, 4) is 0 Å². The molecular weight excluding hydrogens is 416 g/mol. The van der Waals surface area contributed by atoms with Crippen LogP contribution in [0.4, 0.5) is 5.69 Å². The molecule has 7 heteroatoms. The predicted octanol–water partition coefficient (Wildman–Crippen LogP) is 4.27. The van der Waals surface area contributed by atoms with Gasteiger partial charge in [-0.3, -0.25) is 19.5 Å². The van der Waals surface area contributed by atoms with E-state index in [0.717, 1.165) is 5.56 Å². The second-order valence-corrected chi connectivity index (χ2v) is 8.82. The summed E-state index contributed by atoms with van der Waals surface area (Å²) < 4.78 is 10.9. The van der Waals surface area contributed by atoms with Crippen molar-refractivity contribution >= 4 is 34.9 Å². The number of anilines is 1. The highest BCUT2D eigenvalue weighted by Crippen LogP contribution is 2.32. The van der Waals surface area contributed by atoms with E-state index in [2.05, 4.69) is 0 Å². The number of amides is 1. The summed E-state index contributed by atoms with van der Waals surface area (Å²) in [6.07, 6.45) is -0.531. The zero-order valence-electron chi connectivity index (χ0n) is 18.4. The third-order valence-electron chi connectivity index (χ3n) is 4.84. The van der Waals surface area contributed by atoms with Crippen molar-refractivity contribution in [2.75, 3.05) is 18.6 Å². The Labute approximate surface area is 187 Å². The maximum Gasteiger partial charge on any atom is 0.325 e. The first-order chi connectivity index (χ1) is 14.6. The second-order valence-electron chi connectivity index (χ2n) is 8.39. The number of esters is 1. The molecule has 0 N–H and O–H groups in total. The molecule has 0 saturated carbocycles. The smallest absolute Gasteiger partial charge is 0.325 e.